The van der Waals surface area contributed by atoms with Gasteiger partial charge in [0.05, 0.1) is 10.7 Å². The van der Waals surface area contributed by atoms with Crippen molar-refractivity contribution in [2.24, 2.45) is 0 Å². The Labute approximate surface area is 158 Å². The van der Waals surface area contributed by atoms with Gasteiger partial charge in [0.2, 0.25) is 11.1 Å². The maximum absolute atomic E-state index is 12.1. The Hall–Kier alpha value is -3.40. The number of nitro benzene ring substituents is 1. The quantitative estimate of drug-likeness (QED) is 0.289. The highest BCUT2D eigenvalue weighted by Crippen LogP contribution is 2.22. The molecule has 3 aromatic rings. The summed E-state index contributed by atoms with van der Waals surface area (Å²) in [5.41, 5.74) is 2.35. The molecule has 9 nitrogen and oxygen atoms in total. The molecule has 3 rings (SSSR count). The molecule has 0 saturated heterocycles. The fourth-order valence-corrected chi connectivity index (χ4v) is 3.01. The van der Waals surface area contributed by atoms with Crippen LogP contribution in [0.25, 0.3) is 11.4 Å². The third-order valence-electron chi connectivity index (χ3n) is 3.64. The monoisotopic (exact) mass is 384 g/mol. The van der Waals surface area contributed by atoms with Crippen LogP contribution in [0.3, 0.4) is 0 Å². The van der Waals surface area contributed by atoms with Crippen molar-refractivity contribution in [2.75, 3.05) is 16.9 Å². The molecular formula is C17H16N6O3S. The van der Waals surface area contributed by atoms with Crippen molar-refractivity contribution in [1.82, 2.24) is 14.9 Å². The van der Waals surface area contributed by atoms with Gasteiger partial charge in [-0.15, -0.1) is 10.2 Å². The molecule has 138 valence electrons. The zero-order valence-electron chi connectivity index (χ0n) is 14.3. The van der Waals surface area contributed by atoms with E-state index in [4.69, 9.17) is 5.84 Å². The number of aryl methyl sites for hydroxylation is 1. The van der Waals surface area contributed by atoms with Crippen LogP contribution in [0.5, 0.6) is 0 Å². The number of benzene rings is 2. The number of amides is 1. The number of nitrogens with one attached hydrogen (secondary N) is 1. The largest absolute Gasteiger partial charge is 0.335 e. The smallest absolute Gasteiger partial charge is 0.269 e. The highest BCUT2D eigenvalue weighted by Gasteiger charge is 2.14. The third-order valence-corrected chi connectivity index (χ3v) is 4.58. The fourth-order valence-electron chi connectivity index (χ4n) is 2.35. The van der Waals surface area contributed by atoms with Crippen LogP contribution in [0.15, 0.2) is 53.7 Å². The number of anilines is 1. The number of carbonyl (C=O) groups is 1. The summed E-state index contributed by atoms with van der Waals surface area (Å²) in [7, 11) is 0. The highest BCUT2D eigenvalue weighted by atomic mass is 32.2. The third kappa shape index (κ3) is 4.42. The number of non-ortho nitro benzene ring substituents is 1. The highest BCUT2D eigenvalue weighted by molar-refractivity contribution is 7.99. The number of hydrogen-bond donors (Lipinski definition) is 2. The van der Waals surface area contributed by atoms with Crippen LogP contribution in [-0.4, -0.2) is 31.5 Å². The Balaban J connectivity index is 1.61. The summed E-state index contributed by atoms with van der Waals surface area (Å²) in [5.74, 6) is 6.34. The Morgan fingerprint density at radius 3 is 2.67 bits per heavy atom. The molecule has 0 spiro atoms. The van der Waals surface area contributed by atoms with Crippen molar-refractivity contribution in [2.45, 2.75) is 12.1 Å². The predicted molar refractivity (Wildman–Crippen MR) is 103 cm³/mol. The first kappa shape index (κ1) is 18.4. The average molecular weight is 384 g/mol. The van der Waals surface area contributed by atoms with Crippen molar-refractivity contribution in [3.8, 4) is 11.4 Å². The lowest BCUT2D eigenvalue weighted by Gasteiger charge is -2.06. The van der Waals surface area contributed by atoms with Gasteiger partial charge < -0.3 is 11.2 Å². The first-order valence-electron chi connectivity index (χ1n) is 7.88. The SMILES string of the molecule is Cc1cccc(-c2nnc(SCC(=O)Nc3ccc([N+](=O)[O-])cc3)n2N)c1. The minimum Gasteiger partial charge on any atom is -0.335 e. The fraction of sp³-hybridized carbons (Fsp3) is 0.118. The van der Waals surface area contributed by atoms with Gasteiger partial charge >= 0.3 is 0 Å². The Kier molecular flexibility index (Phi) is 5.36. The van der Waals surface area contributed by atoms with Crippen molar-refractivity contribution in [3.63, 3.8) is 0 Å². The van der Waals surface area contributed by atoms with Crippen LogP contribution in [0, 0.1) is 17.0 Å². The van der Waals surface area contributed by atoms with Crippen molar-refractivity contribution in [3.05, 3.63) is 64.2 Å². The maximum atomic E-state index is 12.1. The second kappa shape index (κ2) is 7.87. The number of nitrogen functional groups attached to an aromatic ring is 1. The molecule has 0 aliphatic rings. The number of hydrogen-bond acceptors (Lipinski definition) is 7. The van der Waals surface area contributed by atoms with E-state index in [2.05, 4.69) is 15.5 Å². The average Bonchev–Trinajstić information content (AvgIpc) is 3.01. The number of carbonyl (C=O) groups excluding carboxylic acids is 1. The molecule has 27 heavy (non-hydrogen) atoms. The van der Waals surface area contributed by atoms with Crippen molar-refractivity contribution < 1.29 is 9.72 Å². The molecule has 1 aromatic heterocycles. The van der Waals surface area contributed by atoms with E-state index in [1.807, 2.05) is 31.2 Å². The minimum atomic E-state index is -0.499. The molecule has 3 N–H and O–H groups in total. The van der Waals surface area contributed by atoms with Gasteiger partial charge in [-0.05, 0) is 25.1 Å². The molecule has 2 aromatic carbocycles. The normalized spacial score (nSPS) is 10.6. The molecule has 0 aliphatic carbocycles. The van der Waals surface area contributed by atoms with Gasteiger partial charge in [-0.3, -0.25) is 14.9 Å². The number of nitrogens with zero attached hydrogens (tertiary/aromatic N) is 4. The van der Waals surface area contributed by atoms with Crippen LogP contribution < -0.4 is 11.2 Å². The zero-order valence-corrected chi connectivity index (χ0v) is 15.1. The summed E-state index contributed by atoms with van der Waals surface area (Å²) in [6, 6.07) is 13.3. The summed E-state index contributed by atoms with van der Waals surface area (Å²) in [6.07, 6.45) is 0. The molecule has 0 radical (unpaired) electrons. The summed E-state index contributed by atoms with van der Waals surface area (Å²) in [6.45, 7) is 1.97. The maximum Gasteiger partial charge on any atom is 0.269 e. The molecular weight excluding hydrogens is 368 g/mol. The number of nitro groups is 1. The van der Waals surface area contributed by atoms with E-state index in [9.17, 15) is 14.9 Å². The molecule has 10 heteroatoms. The summed E-state index contributed by atoms with van der Waals surface area (Å²) < 4.78 is 1.35. The van der Waals surface area contributed by atoms with Crippen LogP contribution in [0.4, 0.5) is 11.4 Å². The van der Waals surface area contributed by atoms with E-state index in [-0.39, 0.29) is 17.3 Å². The number of nitrogens with two attached hydrogens (primary N) is 1. The molecule has 0 bridgehead atoms. The Morgan fingerprint density at radius 1 is 1.26 bits per heavy atom. The second-order valence-electron chi connectivity index (χ2n) is 5.69. The summed E-state index contributed by atoms with van der Waals surface area (Å²) >= 11 is 1.15. The zero-order chi connectivity index (χ0) is 19.4. The van der Waals surface area contributed by atoms with Crippen LogP contribution in [-0.2, 0) is 4.79 Å². The van der Waals surface area contributed by atoms with Gasteiger partial charge in [-0.1, -0.05) is 35.5 Å². The van der Waals surface area contributed by atoms with Gasteiger partial charge in [-0.2, -0.15) is 0 Å². The standard InChI is InChI=1S/C17H16N6O3S/c1-11-3-2-4-12(9-11)16-20-21-17(22(16)18)27-10-15(24)19-13-5-7-14(8-6-13)23(25)26/h2-9H,10,18H2,1H3,(H,19,24). The van der Waals surface area contributed by atoms with Gasteiger partial charge in [0, 0.05) is 23.4 Å². The van der Waals surface area contributed by atoms with E-state index in [1.54, 1.807) is 0 Å². The molecule has 0 atom stereocenters. The lowest BCUT2D eigenvalue weighted by molar-refractivity contribution is -0.384. The molecule has 0 fully saturated rings. The van der Waals surface area contributed by atoms with Crippen LogP contribution in [0.1, 0.15) is 5.56 Å². The molecule has 1 amide bonds. The van der Waals surface area contributed by atoms with E-state index >= 15 is 0 Å². The molecule has 0 saturated carbocycles. The lowest BCUT2D eigenvalue weighted by Crippen LogP contribution is -2.16. The predicted octanol–water partition coefficient (Wildman–Crippen LogP) is 2.61. The second-order valence-corrected chi connectivity index (χ2v) is 6.63. The van der Waals surface area contributed by atoms with Crippen molar-refractivity contribution >= 4 is 29.0 Å². The lowest BCUT2D eigenvalue weighted by atomic mass is 10.1. The molecule has 0 unspecified atom stereocenters. The van der Waals surface area contributed by atoms with E-state index < -0.39 is 4.92 Å². The van der Waals surface area contributed by atoms with Gasteiger partial charge in [-0.25, -0.2) is 4.68 Å². The molecule has 0 aliphatic heterocycles. The Morgan fingerprint density at radius 2 is 2.00 bits per heavy atom. The van der Waals surface area contributed by atoms with E-state index in [1.165, 1.54) is 28.9 Å². The van der Waals surface area contributed by atoms with Gasteiger partial charge in [0.1, 0.15) is 0 Å². The topological polar surface area (TPSA) is 129 Å². The molecule has 1 heterocycles. The van der Waals surface area contributed by atoms with Crippen molar-refractivity contribution in [1.29, 1.82) is 0 Å². The van der Waals surface area contributed by atoms with Crippen LogP contribution >= 0.6 is 11.8 Å². The first-order valence-corrected chi connectivity index (χ1v) is 8.87. The van der Waals surface area contributed by atoms with Crippen LogP contribution in [0.2, 0.25) is 0 Å². The number of thioether (sulfide) groups is 1. The summed E-state index contributed by atoms with van der Waals surface area (Å²) in [5, 5.41) is 21.8. The number of rotatable bonds is 6. The minimum absolute atomic E-state index is 0.0396. The summed E-state index contributed by atoms with van der Waals surface area (Å²) in [4.78, 5) is 22.2. The van der Waals surface area contributed by atoms with Gasteiger partial charge in [0.25, 0.3) is 5.69 Å². The van der Waals surface area contributed by atoms with E-state index in [0.717, 1.165) is 22.9 Å². The number of aromatic nitrogens is 3. The van der Waals surface area contributed by atoms with E-state index in [0.29, 0.717) is 16.7 Å². The first-order chi connectivity index (χ1) is 12.9. The van der Waals surface area contributed by atoms with Gasteiger partial charge in [0.15, 0.2) is 5.82 Å². The Bertz CT molecular complexity index is 987.